The molecule has 1 aromatic carbocycles. The number of nitrogens with zero attached hydrogens (tertiary/aromatic N) is 2. The van der Waals surface area contributed by atoms with Crippen molar-refractivity contribution in [2.45, 2.75) is 26.1 Å². The van der Waals surface area contributed by atoms with Crippen molar-refractivity contribution < 1.29 is 9.53 Å². The van der Waals surface area contributed by atoms with Gasteiger partial charge in [0, 0.05) is 17.6 Å². The molecule has 0 aromatic heterocycles. The highest BCUT2D eigenvalue weighted by Crippen LogP contribution is 2.31. The highest BCUT2D eigenvalue weighted by Gasteiger charge is 2.30. The molecule has 2 atom stereocenters. The smallest absolute Gasteiger partial charge is 0.286 e. The lowest BCUT2D eigenvalue weighted by atomic mass is 10.2. The van der Waals surface area contributed by atoms with Crippen molar-refractivity contribution in [3.63, 3.8) is 0 Å². The van der Waals surface area contributed by atoms with E-state index in [0.717, 1.165) is 28.3 Å². The second-order valence-electron chi connectivity index (χ2n) is 5.52. The second kappa shape index (κ2) is 6.56. The monoisotopic (exact) mass is 380 g/mol. The molecule has 1 aromatic rings. The minimum absolute atomic E-state index is 0.154. The standard InChI is InChI=1S/C16H17BrN2O2S/c1-10-8-19(9-11(2)21-10)16-18-15(20)14(22-16)7-12-3-5-13(17)6-4-12/h3-7,10-11H,8-9H2,1-2H3/b14-7+/t10-,11-/m1/s1. The van der Waals surface area contributed by atoms with Crippen molar-refractivity contribution in [3.05, 3.63) is 39.2 Å². The molecule has 0 saturated carbocycles. The maximum atomic E-state index is 12.1. The van der Waals surface area contributed by atoms with Crippen LogP contribution in [-0.4, -0.2) is 41.3 Å². The Bertz CT molecular complexity index is 632. The Labute approximate surface area is 142 Å². The molecule has 0 unspecified atom stereocenters. The number of benzene rings is 1. The molecule has 6 heteroatoms. The van der Waals surface area contributed by atoms with Gasteiger partial charge in [-0.3, -0.25) is 4.79 Å². The number of hydrogen-bond donors (Lipinski definition) is 0. The lowest BCUT2D eigenvalue weighted by Gasteiger charge is -2.35. The van der Waals surface area contributed by atoms with E-state index in [1.54, 1.807) is 0 Å². The van der Waals surface area contributed by atoms with Crippen LogP contribution in [0, 0.1) is 0 Å². The maximum Gasteiger partial charge on any atom is 0.286 e. The van der Waals surface area contributed by atoms with Crippen molar-refractivity contribution in [1.29, 1.82) is 0 Å². The number of morpholine rings is 1. The van der Waals surface area contributed by atoms with Gasteiger partial charge in [0.25, 0.3) is 5.91 Å². The molecular weight excluding hydrogens is 364 g/mol. The Kier molecular flexibility index (Phi) is 4.70. The summed E-state index contributed by atoms with van der Waals surface area (Å²) in [7, 11) is 0. The zero-order valence-electron chi connectivity index (χ0n) is 12.5. The van der Waals surface area contributed by atoms with Crippen LogP contribution in [0.2, 0.25) is 0 Å². The van der Waals surface area contributed by atoms with Gasteiger partial charge < -0.3 is 9.64 Å². The molecule has 0 N–H and O–H groups in total. The minimum Gasteiger partial charge on any atom is -0.372 e. The number of thioether (sulfide) groups is 1. The first-order chi connectivity index (χ1) is 10.5. The number of halogens is 1. The summed E-state index contributed by atoms with van der Waals surface area (Å²) in [6, 6.07) is 7.87. The Hall–Kier alpha value is -1.11. The summed E-state index contributed by atoms with van der Waals surface area (Å²) >= 11 is 4.86. The number of carbonyl (C=O) groups is 1. The van der Waals surface area contributed by atoms with Gasteiger partial charge in [-0.2, -0.15) is 4.99 Å². The molecule has 2 aliphatic heterocycles. The summed E-state index contributed by atoms with van der Waals surface area (Å²) in [4.78, 5) is 19.1. The van der Waals surface area contributed by atoms with Gasteiger partial charge in [-0.15, -0.1) is 0 Å². The van der Waals surface area contributed by atoms with E-state index in [9.17, 15) is 4.79 Å². The predicted octanol–water partition coefficient (Wildman–Crippen LogP) is 3.53. The predicted molar refractivity (Wildman–Crippen MR) is 93.7 cm³/mol. The second-order valence-corrected chi connectivity index (χ2v) is 7.45. The Morgan fingerprint density at radius 2 is 1.91 bits per heavy atom. The SMILES string of the molecule is C[C@@H]1CN(C2=NC(=O)/C(=C\c3ccc(Br)cc3)S2)C[C@@H](C)O1. The van der Waals surface area contributed by atoms with E-state index in [2.05, 4.69) is 25.8 Å². The molecule has 4 nitrogen and oxygen atoms in total. The molecule has 3 rings (SSSR count). The number of ether oxygens (including phenoxy) is 1. The first-order valence-electron chi connectivity index (χ1n) is 7.20. The fourth-order valence-corrected chi connectivity index (χ4v) is 3.77. The van der Waals surface area contributed by atoms with Crippen LogP contribution in [0.4, 0.5) is 0 Å². The quantitative estimate of drug-likeness (QED) is 0.698. The normalized spacial score (nSPS) is 27.4. The van der Waals surface area contributed by atoms with E-state index in [0.29, 0.717) is 4.91 Å². The average Bonchev–Trinajstić information content (AvgIpc) is 2.82. The molecule has 116 valence electrons. The third-order valence-corrected chi connectivity index (χ3v) is 5.04. The summed E-state index contributed by atoms with van der Waals surface area (Å²) in [5.41, 5.74) is 0.999. The van der Waals surface area contributed by atoms with Crippen LogP contribution in [0.1, 0.15) is 19.4 Å². The number of aliphatic imine (C=N–C) groups is 1. The Morgan fingerprint density at radius 3 is 2.55 bits per heavy atom. The van der Waals surface area contributed by atoms with Crippen LogP contribution in [0.15, 0.2) is 38.6 Å². The molecule has 2 aliphatic rings. The van der Waals surface area contributed by atoms with Gasteiger partial charge in [0.05, 0.1) is 17.1 Å². The number of amidine groups is 1. The largest absolute Gasteiger partial charge is 0.372 e. The number of hydrogen-bond acceptors (Lipinski definition) is 4. The molecule has 0 spiro atoms. The Morgan fingerprint density at radius 1 is 1.27 bits per heavy atom. The van der Waals surface area contributed by atoms with Gasteiger partial charge in [-0.05, 0) is 49.4 Å². The number of carbonyl (C=O) groups excluding carboxylic acids is 1. The average molecular weight is 381 g/mol. The molecule has 1 fully saturated rings. The van der Waals surface area contributed by atoms with Crippen LogP contribution in [0.5, 0.6) is 0 Å². The molecule has 1 saturated heterocycles. The molecule has 1 amide bonds. The van der Waals surface area contributed by atoms with Gasteiger partial charge in [0.2, 0.25) is 0 Å². The van der Waals surface area contributed by atoms with E-state index < -0.39 is 0 Å². The third kappa shape index (κ3) is 3.62. The molecule has 0 radical (unpaired) electrons. The van der Waals surface area contributed by atoms with E-state index in [1.807, 2.05) is 44.2 Å². The van der Waals surface area contributed by atoms with Gasteiger partial charge in [-0.1, -0.05) is 28.1 Å². The summed E-state index contributed by atoms with van der Waals surface area (Å²) in [5, 5.41) is 0.787. The van der Waals surface area contributed by atoms with Crippen molar-refractivity contribution in [2.75, 3.05) is 13.1 Å². The molecule has 2 heterocycles. The van der Waals surface area contributed by atoms with E-state index in [-0.39, 0.29) is 18.1 Å². The van der Waals surface area contributed by atoms with E-state index in [1.165, 1.54) is 11.8 Å². The van der Waals surface area contributed by atoms with Crippen LogP contribution in [0.25, 0.3) is 6.08 Å². The zero-order chi connectivity index (χ0) is 15.7. The molecular formula is C16H17BrN2O2S. The number of amides is 1. The highest BCUT2D eigenvalue weighted by atomic mass is 79.9. The fourth-order valence-electron chi connectivity index (χ4n) is 2.58. The van der Waals surface area contributed by atoms with Crippen molar-refractivity contribution >= 4 is 44.8 Å². The summed E-state index contributed by atoms with van der Waals surface area (Å²) in [5.74, 6) is -0.158. The minimum atomic E-state index is -0.158. The van der Waals surface area contributed by atoms with Crippen LogP contribution in [-0.2, 0) is 9.53 Å². The number of rotatable bonds is 1. The first-order valence-corrected chi connectivity index (χ1v) is 8.81. The lowest BCUT2D eigenvalue weighted by molar-refractivity contribution is -0.113. The highest BCUT2D eigenvalue weighted by molar-refractivity contribution is 9.10. The van der Waals surface area contributed by atoms with Gasteiger partial charge in [0.1, 0.15) is 0 Å². The van der Waals surface area contributed by atoms with E-state index >= 15 is 0 Å². The van der Waals surface area contributed by atoms with Crippen molar-refractivity contribution in [3.8, 4) is 0 Å². The van der Waals surface area contributed by atoms with Gasteiger partial charge in [-0.25, -0.2) is 0 Å². The summed E-state index contributed by atoms with van der Waals surface area (Å²) < 4.78 is 6.75. The first kappa shape index (κ1) is 15.8. The summed E-state index contributed by atoms with van der Waals surface area (Å²) in [6.45, 7) is 5.64. The maximum absolute atomic E-state index is 12.1. The van der Waals surface area contributed by atoms with Gasteiger partial charge >= 0.3 is 0 Å². The van der Waals surface area contributed by atoms with Crippen molar-refractivity contribution in [1.82, 2.24) is 4.90 Å². The van der Waals surface area contributed by atoms with E-state index in [4.69, 9.17) is 4.74 Å². The zero-order valence-corrected chi connectivity index (χ0v) is 14.9. The fraction of sp³-hybridized carbons (Fsp3) is 0.375. The lowest BCUT2D eigenvalue weighted by Crippen LogP contribution is -2.47. The van der Waals surface area contributed by atoms with Gasteiger partial charge in [0.15, 0.2) is 5.17 Å². The van der Waals surface area contributed by atoms with Crippen LogP contribution < -0.4 is 0 Å². The summed E-state index contributed by atoms with van der Waals surface area (Å²) in [6.07, 6.45) is 2.20. The molecule has 0 bridgehead atoms. The molecule has 22 heavy (non-hydrogen) atoms. The Balaban J connectivity index is 1.74. The topological polar surface area (TPSA) is 41.9 Å². The van der Waals surface area contributed by atoms with Crippen LogP contribution >= 0.6 is 27.7 Å². The van der Waals surface area contributed by atoms with Crippen molar-refractivity contribution in [2.24, 2.45) is 4.99 Å². The molecule has 0 aliphatic carbocycles. The van der Waals surface area contributed by atoms with Crippen LogP contribution in [0.3, 0.4) is 0 Å². The third-order valence-electron chi connectivity index (χ3n) is 3.47.